The average molecular weight is 261 g/mol. The summed E-state index contributed by atoms with van der Waals surface area (Å²) in [5, 5.41) is 8.43. The molecule has 1 aromatic rings. The topological polar surface area (TPSA) is 63.0 Å². The zero-order valence-electron chi connectivity index (χ0n) is 8.71. The van der Waals surface area contributed by atoms with Gasteiger partial charge in [-0.05, 0) is 13.0 Å². The Hall–Kier alpha value is -1.74. The molecular formula is C10H7ClF2N2O2. The van der Waals surface area contributed by atoms with Crippen molar-refractivity contribution in [3.8, 4) is 6.07 Å². The molecule has 0 N–H and O–H groups in total. The van der Waals surface area contributed by atoms with E-state index < -0.39 is 23.7 Å². The number of halogens is 3. The van der Waals surface area contributed by atoms with Gasteiger partial charge < -0.3 is 4.74 Å². The van der Waals surface area contributed by atoms with Gasteiger partial charge in [-0.3, -0.25) is 0 Å². The molecular weight excluding hydrogens is 254 g/mol. The minimum atomic E-state index is -2.99. The first-order valence-corrected chi connectivity index (χ1v) is 4.94. The first kappa shape index (κ1) is 13.3. The highest BCUT2D eigenvalue weighted by Crippen LogP contribution is 2.26. The predicted molar refractivity (Wildman–Crippen MR) is 54.9 cm³/mol. The van der Waals surface area contributed by atoms with Crippen molar-refractivity contribution in [2.75, 3.05) is 6.61 Å². The van der Waals surface area contributed by atoms with Crippen molar-refractivity contribution in [1.29, 1.82) is 5.26 Å². The summed E-state index contributed by atoms with van der Waals surface area (Å²) in [4.78, 5) is 14.7. The van der Waals surface area contributed by atoms with E-state index in [2.05, 4.69) is 9.72 Å². The molecule has 0 spiro atoms. The molecule has 0 saturated heterocycles. The molecule has 7 heteroatoms. The third-order valence-corrected chi connectivity index (χ3v) is 2.10. The maximum atomic E-state index is 12.7. The number of alkyl halides is 2. The molecule has 0 radical (unpaired) electrons. The van der Waals surface area contributed by atoms with E-state index in [1.54, 1.807) is 13.0 Å². The van der Waals surface area contributed by atoms with Gasteiger partial charge in [0.05, 0.1) is 17.2 Å². The Bertz CT molecular complexity index is 486. The monoisotopic (exact) mass is 260 g/mol. The van der Waals surface area contributed by atoms with Crippen LogP contribution < -0.4 is 0 Å². The number of nitrogens with zero attached hydrogens (tertiary/aromatic N) is 2. The van der Waals surface area contributed by atoms with E-state index >= 15 is 0 Å². The van der Waals surface area contributed by atoms with Crippen LogP contribution in [-0.2, 0) is 4.74 Å². The molecule has 17 heavy (non-hydrogen) atoms. The van der Waals surface area contributed by atoms with Crippen molar-refractivity contribution in [2.24, 2.45) is 0 Å². The molecule has 0 unspecified atom stereocenters. The van der Waals surface area contributed by atoms with E-state index in [0.717, 1.165) is 6.07 Å². The van der Waals surface area contributed by atoms with Crippen LogP contribution in [0.3, 0.4) is 0 Å². The SMILES string of the molecule is CCOC(=O)c1cc(Cl)c(C#N)nc1C(F)F. The summed E-state index contributed by atoms with van der Waals surface area (Å²) in [5.41, 5.74) is -1.58. The highest BCUT2D eigenvalue weighted by Gasteiger charge is 2.23. The van der Waals surface area contributed by atoms with Gasteiger partial charge in [0.15, 0.2) is 5.69 Å². The first-order chi connectivity index (χ1) is 8.01. The third kappa shape index (κ3) is 2.88. The van der Waals surface area contributed by atoms with Gasteiger partial charge in [-0.1, -0.05) is 11.6 Å². The van der Waals surface area contributed by atoms with Crippen molar-refractivity contribution < 1.29 is 18.3 Å². The minimum absolute atomic E-state index is 0.0408. The summed E-state index contributed by atoms with van der Waals surface area (Å²) in [6.07, 6.45) is -2.99. The zero-order valence-corrected chi connectivity index (χ0v) is 9.46. The molecule has 0 amide bonds. The number of rotatable bonds is 3. The van der Waals surface area contributed by atoms with Gasteiger partial charge in [-0.15, -0.1) is 0 Å². The fraction of sp³-hybridized carbons (Fsp3) is 0.300. The van der Waals surface area contributed by atoms with Crippen molar-refractivity contribution in [1.82, 2.24) is 4.98 Å². The Kier molecular flexibility index (Phi) is 4.35. The van der Waals surface area contributed by atoms with Crippen LogP contribution in [-0.4, -0.2) is 17.6 Å². The summed E-state index contributed by atoms with van der Waals surface area (Å²) in [6.45, 7) is 1.58. The van der Waals surface area contributed by atoms with Crippen LogP contribution in [0.15, 0.2) is 6.07 Å². The summed E-state index contributed by atoms with van der Waals surface area (Å²) in [6, 6.07) is 2.53. The van der Waals surface area contributed by atoms with E-state index in [1.165, 1.54) is 0 Å². The predicted octanol–water partition coefficient (Wildman–Crippen LogP) is 2.72. The average Bonchev–Trinajstić information content (AvgIpc) is 2.28. The van der Waals surface area contributed by atoms with Gasteiger partial charge in [-0.25, -0.2) is 18.6 Å². The van der Waals surface area contributed by atoms with Crippen LogP contribution in [0.2, 0.25) is 5.02 Å². The number of pyridine rings is 1. The van der Waals surface area contributed by atoms with Gasteiger partial charge in [0, 0.05) is 0 Å². The van der Waals surface area contributed by atoms with E-state index in [9.17, 15) is 13.6 Å². The Morgan fingerprint density at radius 3 is 2.82 bits per heavy atom. The molecule has 0 atom stereocenters. The molecule has 0 aliphatic rings. The van der Waals surface area contributed by atoms with Crippen molar-refractivity contribution in [3.63, 3.8) is 0 Å². The van der Waals surface area contributed by atoms with E-state index in [1.807, 2.05) is 0 Å². The van der Waals surface area contributed by atoms with Gasteiger partial charge >= 0.3 is 5.97 Å². The van der Waals surface area contributed by atoms with Gasteiger partial charge in [0.25, 0.3) is 6.43 Å². The van der Waals surface area contributed by atoms with Crippen molar-refractivity contribution in [2.45, 2.75) is 13.3 Å². The molecule has 1 aromatic heterocycles. The molecule has 1 rings (SSSR count). The molecule has 0 bridgehead atoms. The van der Waals surface area contributed by atoms with Crippen LogP contribution in [0.4, 0.5) is 8.78 Å². The van der Waals surface area contributed by atoms with E-state index in [-0.39, 0.29) is 17.3 Å². The normalized spacial score (nSPS) is 10.1. The number of esters is 1. The van der Waals surface area contributed by atoms with E-state index in [4.69, 9.17) is 16.9 Å². The van der Waals surface area contributed by atoms with Gasteiger partial charge in [-0.2, -0.15) is 5.26 Å². The molecule has 0 aliphatic heterocycles. The van der Waals surface area contributed by atoms with Gasteiger partial charge in [0.2, 0.25) is 0 Å². The molecule has 4 nitrogen and oxygen atoms in total. The number of aromatic nitrogens is 1. The number of carbonyl (C=O) groups is 1. The number of ether oxygens (including phenoxy) is 1. The Balaban J connectivity index is 3.34. The Morgan fingerprint density at radius 1 is 1.71 bits per heavy atom. The lowest BCUT2D eigenvalue weighted by Gasteiger charge is -2.08. The lowest BCUT2D eigenvalue weighted by atomic mass is 10.1. The molecule has 90 valence electrons. The molecule has 0 fully saturated rings. The summed E-state index contributed by atoms with van der Waals surface area (Å²) >= 11 is 5.61. The second-order valence-electron chi connectivity index (χ2n) is 2.88. The maximum Gasteiger partial charge on any atom is 0.340 e. The summed E-state index contributed by atoms with van der Waals surface area (Å²) in [5.74, 6) is -0.943. The number of hydrogen-bond donors (Lipinski definition) is 0. The highest BCUT2D eigenvalue weighted by molar-refractivity contribution is 6.31. The molecule has 1 heterocycles. The van der Waals surface area contributed by atoms with Crippen molar-refractivity contribution in [3.05, 3.63) is 28.0 Å². The highest BCUT2D eigenvalue weighted by atomic mass is 35.5. The van der Waals surface area contributed by atoms with Crippen LogP contribution >= 0.6 is 11.6 Å². The lowest BCUT2D eigenvalue weighted by Crippen LogP contribution is -2.11. The molecule has 0 saturated carbocycles. The van der Waals surface area contributed by atoms with Crippen molar-refractivity contribution >= 4 is 17.6 Å². The number of carbonyl (C=O) groups excluding carboxylic acids is 1. The Morgan fingerprint density at radius 2 is 2.35 bits per heavy atom. The van der Waals surface area contributed by atoms with Crippen LogP contribution in [0.5, 0.6) is 0 Å². The second kappa shape index (κ2) is 5.55. The number of nitriles is 1. The van der Waals surface area contributed by atoms with Crippen LogP contribution in [0.25, 0.3) is 0 Å². The second-order valence-corrected chi connectivity index (χ2v) is 3.29. The van der Waals surface area contributed by atoms with Gasteiger partial charge in [0.1, 0.15) is 11.8 Å². The minimum Gasteiger partial charge on any atom is -0.462 e. The van der Waals surface area contributed by atoms with E-state index in [0.29, 0.717) is 0 Å². The fourth-order valence-corrected chi connectivity index (χ4v) is 1.31. The molecule has 0 aliphatic carbocycles. The summed E-state index contributed by atoms with van der Waals surface area (Å²) < 4.78 is 29.9. The largest absolute Gasteiger partial charge is 0.462 e. The van der Waals surface area contributed by atoms with Crippen LogP contribution in [0.1, 0.15) is 35.1 Å². The lowest BCUT2D eigenvalue weighted by molar-refractivity contribution is 0.0513. The standard InChI is InChI=1S/C10H7ClF2N2O2/c1-2-17-10(16)5-3-6(11)7(4-14)15-8(5)9(12)13/h3,9H,2H2,1H3. The summed E-state index contributed by atoms with van der Waals surface area (Å²) in [7, 11) is 0. The molecule has 0 aromatic carbocycles. The smallest absolute Gasteiger partial charge is 0.340 e. The third-order valence-electron chi connectivity index (χ3n) is 1.81. The maximum absolute atomic E-state index is 12.7. The quantitative estimate of drug-likeness (QED) is 0.784. The van der Waals surface area contributed by atoms with Crippen LogP contribution in [0, 0.1) is 11.3 Å². The zero-order chi connectivity index (χ0) is 13.0. The Labute approximate surface area is 101 Å². The fourth-order valence-electron chi connectivity index (χ4n) is 1.12. The first-order valence-electron chi connectivity index (χ1n) is 4.57. The number of hydrogen-bond acceptors (Lipinski definition) is 4.